The number of rotatable bonds is 4. The summed E-state index contributed by atoms with van der Waals surface area (Å²) in [7, 11) is 0. The lowest BCUT2D eigenvalue weighted by Crippen LogP contribution is -2.23. The molecule has 1 atom stereocenters. The topological polar surface area (TPSA) is 49.0 Å². The van der Waals surface area contributed by atoms with Crippen LogP contribution >= 0.6 is 27.9 Å². The summed E-state index contributed by atoms with van der Waals surface area (Å²) in [6.45, 7) is 6.34. The number of hydrogen-bond acceptors (Lipinski definition) is 5. The van der Waals surface area contributed by atoms with Crippen LogP contribution in [0.3, 0.4) is 0 Å². The summed E-state index contributed by atoms with van der Waals surface area (Å²) in [4.78, 5) is 4.45. The second-order valence-electron chi connectivity index (χ2n) is 7.37. The third-order valence-electron chi connectivity index (χ3n) is 4.14. The molecule has 0 radical (unpaired) electrons. The Kier molecular flexibility index (Phi) is 5.86. The molecule has 2 heterocycles. The third kappa shape index (κ3) is 5.14. The van der Waals surface area contributed by atoms with Crippen molar-refractivity contribution in [3.8, 4) is 0 Å². The Morgan fingerprint density at radius 2 is 1.89 bits per heavy atom. The van der Waals surface area contributed by atoms with E-state index in [0.29, 0.717) is 10.2 Å². The summed E-state index contributed by atoms with van der Waals surface area (Å²) >= 11 is 3.04. The van der Waals surface area contributed by atoms with Crippen molar-refractivity contribution in [2.45, 2.75) is 37.9 Å². The number of benzene rings is 1. The number of nitrogens with one attached hydrogen (secondary N) is 3. The van der Waals surface area contributed by atoms with E-state index in [1.807, 2.05) is 12.3 Å². The molecule has 1 aromatic heterocycles. The first kappa shape index (κ1) is 20.9. The summed E-state index contributed by atoms with van der Waals surface area (Å²) in [6.07, 6.45) is 3.56. The molecule has 1 aliphatic heterocycles. The third-order valence-corrected chi connectivity index (χ3v) is 5.35. The Hall–Kier alpha value is -1.87. The minimum atomic E-state index is -4.35. The minimum absolute atomic E-state index is 0.0486. The number of alkyl halides is 3. The lowest BCUT2D eigenvalue weighted by molar-refractivity contribution is -0.0323. The van der Waals surface area contributed by atoms with Gasteiger partial charge < -0.3 is 15.4 Å². The van der Waals surface area contributed by atoms with Gasteiger partial charge in [0.05, 0.1) is 23.3 Å². The van der Waals surface area contributed by atoms with Crippen molar-refractivity contribution in [1.29, 1.82) is 0 Å². The van der Waals surface area contributed by atoms with Crippen LogP contribution < -0.4 is 15.4 Å². The van der Waals surface area contributed by atoms with Gasteiger partial charge in [0, 0.05) is 33.5 Å². The molecule has 1 aromatic carbocycles. The molecule has 3 N–H and O–H groups in total. The summed E-state index contributed by atoms with van der Waals surface area (Å²) in [6, 6.07) is 9.17. The zero-order valence-corrected chi connectivity index (χ0v) is 17.9. The van der Waals surface area contributed by atoms with Crippen LogP contribution in [0.5, 0.6) is 0 Å². The first-order valence-electron chi connectivity index (χ1n) is 8.53. The van der Waals surface area contributed by atoms with Crippen LogP contribution in [0.25, 0.3) is 5.70 Å². The Balaban J connectivity index is 1.71. The summed E-state index contributed by atoms with van der Waals surface area (Å²) < 4.78 is 39.9. The highest BCUT2D eigenvalue weighted by molar-refractivity contribution is 9.10. The van der Waals surface area contributed by atoms with Gasteiger partial charge in [0.2, 0.25) is 0 Å². The second-order valence-corrected chi connectivity index (χ2v) is 9.10. The molecule has 4 nitrogen and oxygen atoms in total. The SMILES string of the molecule is CC(C)(C)c1cc(C2NC=C(c3ccc(NSC(F)(F)F)c(Br)c3)N2)ccn1. The fourth-order valence-electron chi connectivity index (χ4n) is 2.67. The van der Waals surface area contributed by atoms with Gasteiger partial charge >= 0.3 is 5.51 Å². The van der Waals surface area contributed by atoms with E-state index in [2.05, 4.69) is 63.1 Å². The molecular formula is C19H20BrF3N4S. The van der Waals surface area contributed by atoms with Gasteiger partial charge in [0.25, 0.3) is 0 Å². The van der Waals surface area contributed by atoms with Crippen LogP contribution in [-0.4, -0.2) is 10.5 Å². The number of hydrogen-bond donors (Lipinski definition) is 3. The fourth-order valence-corrected chi connectivity index (χ4v) is 3.68. The van der Waals surface area contributed by atoms with Gasteiger partial charge in [-0.2, -0.15) is 13.2 Å². The lowest BCUT2D eigenvalue weighted by Gasteiger charge is -2.21. The van der Waals surface area contributed by atoms with E-state index in [1.165, 1.54) is 0 Å². The van der Waals surface area contributed by atoms with Crippen LogP contribution in [0.4, 0.5) is 18.9 Å². The van der Waals surface area contributed by atoms with Crippen molar-refractivity contribution in [2.24, 2.45) is 0 Å². The average molecular weight is 473 g/mol. The summed E-state index contributed by atoms with van der Waals surface area (Å²) in [5.74, 6) is 0. The molecule has 3 rings (SSSR count). The van der Waals surface area contributed by atoms with E-state index in [-0.39, 0.29) is 23.5 Å². The van der Waals surface area contributed by atoms with E-state index < -0.39 is 5.51 Å². The molecule has 1 unspecified atom stereocenters. The number of pyridine rings is 1. The summed E-state index contributed by atoms with van der Waals surface area (Å²) in [5.41, 5.74) is -0.260. The monoisotopic (exact) mass is 472 g/mol. The fraction of sp³-hybridized carbons (Fsp3) is 0.316. The van der Waals surface area contributed by atoms with E-state index in [4.69, 9.17) is 0 Å². The molecule has 0 amide bonds. The first-order valence-corrected chi connectivity index (χ1v) is 10.1. The minimum Gasteiger partial charge on any atom is -0.366 e. The Morgan fingerprint density at radius 1 is 1.14 bits per heavy atom. The molecular weight excluding hydrogens is 453 g/mol. The quantitative estimate of drug-likeness (QED) is 0.482. The van der Waals surface area contributed by atoms with E-state index >= 15 is 0 Å². The lowest BCUT2D eigenvalue weighted by atomic mass is 9.90. The van der Waals surface area contributed by atoms with Crippen molar-refractivity contribution >= 4 is 39.3 Å². The molecule has 0 spiro atoms. The van der Waals surface area contributed by atoms with Gasteiger partial charge in [-0.25, -0.2) is 0 Å². The maximum absolute atomic E-state index is 12.4. The highest BCUT2D eigenvalue weighted by Crippen LogP contribution is 2.35. The first-order chi connectivity index (χ1) is 13.0. The van der Waals surface area contributed by atoms with Gasteiger partial charge in [-0.05, 0) is 45.8 Å². The van der Waals surface area contributed by atoms with Crippen molar-refractivity contribution < 1.29 is 13.2 Å². The number of nitrogens with zero attached hydrogens (tertiary/aromatic N) is 1. The molecule has 0 aliphatic carbocycles. The molecule has 9 heteroatoms. The van der Waals surface area contributed by atoms with Crippen LogP contribution in [0, 0.1) is 0 Å². The van der Waals surface area contributed by atoms with Crippen LogP contribution in [0.2, 0.25) is 0 Å². The van der Waals surface area contributed by atoms with Gasteiger partial charge in [-0.15, -0.1) is 0 Å². The highest BCUT2D eigenvalue weighted by Gasteiger charge is 2.29. The van der Waals surface area contributed by atoms with Gasteiger partial charge in [0.1, 0.15) is 6.17 Å². The van der Waals surface area contributed by atoms with Gasteiger partial charge in [0.15, 0.2) is 0 Å². The van der Waals surface area contributed by atoms with Gasteiger partial charge in [-0.3, -0.25) is 4.98 Å². The Morgan fingerprint density at radius 3 is 2.54 bits per heavy atom. The molecule has 150 valence electrons. The number of anilines is 1. The molecule has 0 saturated heterocycles. The second kappa shape index (κ2) is 7.87. The van der Waals surface area contributed by atoms with Crippen LogP contribution in [0.15, 0.2) is 47.2 Å². The number of halogens is 4. The van der Waals surface area contributed by atoms with E-state index in [0.717, 1.165) is 22.5 Å². The number of aromatic nitrogens is 1. The highest BCUT2D eigenvalue weighted by atomic mass is 79.9. The van der Waals surface area contributed by atoms with Gasteiger partial charge in [-0.1, -0.05) is 26.8 Å². The van der Waals surface area contributed by atoms with Crippen LogP contribution in [0.1, 0.15) is 43.8 Å². The van der Waals surface area contributed by atoms with Crippen molar-refractivity contribution in [2.75, 3.05) is 4.72 Å². The molecule has 0 saturated carbocycles. The molecule has 0 fully saturated rings. The van der Waals surface area contributed by atoms with E-state index in [9.17, 15) is 13.2 Å². The van der Waals surface area contributed by atoms with Crippen molar-refractivity contribution in [3.05, 3.63) is 64.0 Å². The summed E-state index contributed by atoms with van der Waals surface area (Å²) in [5, 5.41) is 6.70. The predicted molar refractivity (Wildman–Crippen MR) is 111 cm³/mol. The predicted octanol–water partition coefficient (Wildman–Crippen LogP) is 5.91. The Labute approximate surface area is 174 Å². The maximum Gasteiger partial charge on any atom is 0.461 e. The Bertz CT molecular complexity index is 893. The zero-order chi connectivity index (χ0) is 20.5. The average Bonchev–Trinajstić information content (AvgIpc) is 3.09. The van der Waals surface area contributed by atoms with E-state index in [1.54, 1.807) is 24.4 Å². The van der Waals surface area contributed by atoms with Crippen LogP contribution in [-0.2, 0) is 5.41 Å². The standard InChI is InChI=1S/C19H20BrF3N4S/c1-18(2,3)16-9-12(6-7-24-16)17-25-10-15(26-17)11-4-5-14(13(20)8-11)27-28-19(21,22)23/h4-10,17,25-27H,1-3H3. The smallest absolute Gasteiger partial charge is 0.366 e. The largest absolute Gasteiger partial charge is 0.461 e. The normalized spacial score (nSPS) is 17.0. The van der Waals surface area contributed by atoms with Crippen molar-refractivity contribution in [1.82, 2.24) is 15.6 Å². The van der Waals surface area contributed by atoms with Crippen molar-refractivity contribution in [3.63, 3.8) is 0 Å². The molecule has 1 aliphatic rings. The maximum atomic E-state index is 12.4. The molecule has 0 bridgehead atoms. The molecule has 28 heavy (non-hydrogen) atoms. The zero-order valence-electron chi connectivity index (χ0n) is 15.5. The molecule has 2 aromatic rings.